The van der Waals surface area contributed by atoms with Crippen LogP contribution in [0.5, 0.6) is 0 Å². The Morgan fingerprint density at radius 1 is 1.33 bits per heavy atom. The minimum atomic E-state index is -0.404. The number of hydrogen-bond donors (Lipinski definition) is 1. The Hall–Kier alpha value is -0.770. The zero-order valence-electron chi connectivity index (χ0n) is 12.0. The molecule has 4 nitrogen and oxygen atoms in total. The Kier molecular flexibility index (Phi) is 3.85. The van der Waals surface area contributed by atoms with Gasteiger partial charge in [-0.1, -0.05) is 0 Å². The molecular weight excluding hydrogens is 228 g/mol. The number of amides is 1. The molecule has 2 rings (SSSR count). The largest absolute Gasteiger partial charge is 0.444 e. The maximum absolute atomic E-state index is 12.2. The van der Waals surface area contributed by atoms with Crippen LogP contribution < -0.4 is 5.32 Å². The fraction of sp³-hybridized carbons (Fsp3) is 0.929. The summed E-state index contributed by atoms with van der Waals surface area (Å²) < 4.78 is 5.49. The molecule has 0 aromatic carbocycles. The molecule has 2 saturated heterocycles. The van der Waals surface area contributed by atoms with E-state index in [0.717, 1.165) is 32.0 Å². The van der Waals surface area contributed by atoms with Crippen LogP contribution in [-0.2, 0) is 4.74 Å². The molecule has 0 aromatic heterocycles. The second kappa shape index (κ2) is 5.08. The maximum Gasteiger partial charge on any atom is 0.410 e. The van der Waals surface area contributed by atoms with Gasteiger partial charge in [0.2, 0.25) is 0 Å². The van der Waals surface area contributed by atoms with Crippen LogP contribution in [0, 0.1) is 11.8 Å². The lowest BCUT2D eigenvalue weighted by molar-refractivity contribution is -0.00754. The second-order valence-electron chi connectivity index (χ2n) is 6.73. The standard InChI is InChI=1S/C14H26N2O2/c1-10-7-11-5-6-15-8-12(11)9-16(10)13(17)18-14(2,3)4/h10-12,15H,5-9H2,1-4H3. The molecule has 2 fully saturated rings. The highest BCUT2D eigenvalue weighted by molar-refractivity contribution is 5.68. The number of hydrogen-bond acceptors (Lipinski definition) is 3. The van der Waals surface area contributed by atoms with Gasteiger partial charge in [0.05, 0.1) is 0 Å². The van der Waals surface area contributed by atoms with E-state index in [1.165, 1.54) is 6.42 Å². The van der Waals surface area contributed by atoms with E-state index in [4.69, 9.17) is 4.74 Å². The molecule has 0 bridgehead atoms. The van der Waals surface area contributed by atoms with Gasteiger partial charge < -0.3 is 15.0 Å². The van der Waals surface area contributed by atoms with E-state index in [0.29, 0.717) is 12.0 Å². The fourth-order valence-electron chi connectivity index (χ4n) is 3.07. The monoisotopic (exact) mass is 254 g/mol. The van der Waals surface area contributed by atoms with Crippen LogP contribution in [0.2, 0.25) is 0 Å². The van der Waals surface area contributed by atoms with Crippen LogP contribution in [0.15, 0.2) is 0 Å². The quantitative estimate of drug-likeness (QED) is 0.721. The summed E-state index contributed by atoms with van der Waals surface area (Å²) >= 11 is 0. The van der Waals surface area contributed by atoms with E-state index in [-0.39, 0.29) is 6.09 Å². The Morgan fingerprint density at radius 3 is 2.72 bits per heavy atom. The van der Waals surface area contributed by atoms with E-state index >= 15 is 0 Å². The number of nitrogens with one attached hydrogen (secondary N) is 1. The SMILES string of the molecule is CC1CC2CCNCC2CN1C(=O)OC(C)(C)C. The molecule has 104 valence electrons. The van der Waals surface area contributed by atoms with E-state index in [9.17, 15) is 4.79 Å². The first-order chi connectivity index (χ1) is 8.37. The summed E-state index contributed by atoms with van der Waals surface area (Å²) in [7, 11) is 0. The van der Waals surface area contributed by atoms with Crippen LogP contribution in [-0.4, -0.2) is 42.3 Å². The molecule has 0 saturated carbocycles. The number of carbonyl (C=O) groups is 1. The molecule has 0 radical (unpaired) electrons. The maximum atomic E-state index is 12.2. The van der Waals surface area contributed by atoms with Crippen molar-refractivity contribution in [3.63, 3.8) is 0 Å². The van der Waals surface area contributed by atoms with Crippen molar-refractivity contribution in [3.05, 3.63) is 0 Å². The van der Waals surface area contributed by atoms with Gasteiger partial charge in [0.15, 0.2) is 0 Å². The fourth-order valence-corrected chi connectivity index (χ4v) is 3.07. The summed E-state index contributed by atoms with van der Waals surface area (Å²) in [5.41, 5.74) is -0.404. The van der Waals surface area contributed by atoms with Gasteiger partial charge in [-0.05, 0) is 65.5 Å². The van der Waals surface area contributed by atoms with E-state index < -0.39 is 5.60 Å². The predicted molar refractivity (Wildman–Crippen MR) is 71.5 cm³/mol. The van der Waals surface area contributed by atoms with Crippen molar-refractivity contribution >= 4 is 6.09 Å². The van der Waals surface area contributed by atoms with Gasteiger partial charge in [-0.15, -0.1) is 0 Å². The highest BCUT2D eigenvalue weighted by atomic mass is 16.6. The number of carbonyl (C=O) groups excluding carboxylic acids is 1. The molecule has 1 N–H and O–H groups in total. The third kappa shape index (κ3) is 3.16. The topological polar surface area (TPSA) is 41.6 Å². The van der Waals surface area contributed by atoms with Crippen LogP contribution >= 0.6 is 0 Å². The molecule has 2 aliphatic rings. The third-order valence-electron chi connectivity index (χ3n) is 4.00. The number of nitrogens with zero attached hydrogens (tertiary/aromatic N) is 1. The van der Waals surface area contributed by atoms with Crippen LogP contribution in [0.3, 0.4) is 0 Å². The number of likely N-dealkylation sites (tertiary alicyclic amines) is 1. The van der Waals surface area contributed by atoms with E-state index in [1.807, 2.05) is 25.7 Å². The normalized spacial score (nSPS) is 32.9. The van der Waals surface area contributed by atoms with Crippen molar-refractivity contribution in [2.75, 3.05) is 19.6 Å². The molecule has 3 atom stereocenters. The number of ether oxygens (including phenoxy) is 1. The summed E-state index contributed by atoms with van der Waals surface area (Å²) in [6.07, 6.45) is 2.21. The van der Waals surface area contributed by atoms with Crippen LogP contribution in [0.4, 0.5) is 4.79 Å². The van der Waals surface area contributed by atoms with Gasteiger partial charge >= 0.3 is 6.09 Å². The minimum absolute atomic E-state index is 0.154. The number of fused-ring (bicyclic) bond motifs is 1. The molecule has 2 aliphatic heterocycles. The van der Waals surface area contributed by atoms with Crippen molar-refractivity contribution in [2.45, 2.75) is 52.2 Å². The summed E-state index contributed by atoms with van der Waals surface area (Å²) in [6, 6.07) is 0.305. The minimum Gasteiger partial charge on any atom is -0.444 e. The van der Waals surface area contributed by atoms with Gasteiger partial charge in [-0.3, -0.25) is 0 Å². The summed E-state index contributed by atoms with van der Waals surface area (Å²) in [5.74, 6) is 1.38. The van der Waals surface area contributed by atoms with Crippen molar-refractivity contribution in [1.82, 2.24) is 10.2 Å². The lowest BCUT2D eigenvalue weighted by atomic mass is 9.78. The van der Waals surface area contributed by atoms with Crippen molar-refractivity contribution in [2.24, 2.45) is 11.8 Å². The van der Waals surface area contributed by atoms with E-state index in [1.54, 1.807) is 0 Å². The molecule has 18 heavy (non-hydrogen) atoms. The van der Waals surface area contributed by atoms with Gasteiger partial charge in [0, 0.05) is 12.6 Å². The van der Waals surface area contributed by atoms with Crippen LogP contribution in [0.1, 0.15) is 40.5 Å². The Balaban J connectivity index is 1.98. The average Bonchev–Trinajstić information content (AvgIpc) is 2.25. The first kappa shape index (κ1) is 13.7. The van der Waals surface area contributed by atoms with Crippen molar-refractivity contribution < 1.29 is 9.53 Å². The van der Waals surface area contributed by atoms with Gasteiger partial charge in [0.1, 0.15) is 5.60 Å². The molecule has 3 unspecified atom stereocenters. The first-order valence-corrected chi connectivity index (χ1v) is 7.07. The van der Waals surface area contributed by atoms with Crippen molar-refractivity contribution in [1.29, 1.82) is 0 Å². The zero-order valence-corrected chi connectivity index (χ0v) is 12.0. The summed E-state index contributed by atoms with van der Waals surface area (Å²) in [6.45, 7) is 10.9. The molecule has 0 aromatic rings. The van der Waals surface area contributed by atoms with Gasteiger partial charge in [0.25, 0.3) is 0 Å². The molecule has 1 amide bonds. The zero-order chi connectivity index (χ0) is 13.3. The third-order valence-corrected chi connectivity index (χ3v) is 4.00. The second-order valence-corrected chi connectivity index (χ2v) is 6.73. The molecule has 0 aliphatic carbocycles. The Morgan fingerprint density at radius 2 is 2.06 bits per heavy atom. The summed E-state index contributed by atoms with van der Waals surface area (Å²) in [4.78, 5) is 14.1. The molecular formula is C14H26N2O2. The predicted octanol–water partition coefficient (Wildman–Crippen LogP) is 2.24. The smallest absolute Gasteiger partial charge is 0.410 e. The number of rotatable bonds is 0. The van der Waals surface area contributed by atoms with Gasteiger partial charge in [-0.2, -0.15) is 0 Å². The van der Waals surface area contributed by atoms with Gasteiger partial charge in [-0.25, -0.2) is 4.79 Å². The Bertz CT molecular complexity index is 311. The number of piperidine rings is 2. The molecule has 0 spiro atoms. The average molecular weight is 254 g/mol. The highest BCUT2D eigenvalue weighted by Gasteiger charge is 2.38. The summed E-state index contributed by atoms with van der Waals surface area (Å²) in [5, 5.41) is 3.43. The lowest BCUT2D eigenvalue weighted by Gasteiger charge is -2.45. The highest BCUT2D eigenvalue weighted by Crippen LogP contribution is 2.32. The van der Waals surface area contributed by atoms with E-state index in [2.05, 4.69) is 12.2 Å². The van der Waals surface area contributed by atoms with Crippen molar-refractivity contribution in [3.8, 4) is 0 Å². The van der Waals surface area contributed by atoms with Crippen LogP contribution in [0.25, 0.3) is 0 Å². The molecule has 2 heterocycles. The first-order valence-electron chi connectivity index (χ1n) is 7.07. The Labute approximate surface area is 110 Å². The molecule has 4 heteroatoms. The lowest BCUT2D eigenvalue weighted by Crippen LogP contribution is -2.54.